The number of aryl methyl sites for hydroxylation is 1. The van der Waals surface area contributed by atoms with Crippen LogP contribution in [0.15, 0.2) is 30.6 Å². The third kappa shape index (κ3) is 2.95. The second kappa shape index (κ2) is 5.90. The Labute approximate surface area is 130 Å². The maximum absolute atomic E-state index is 6.07. The highest BCUT2D eigenvalue weighted by Crippen LogP contribution is 2.24. The third-order valence-corrected chi connectivity index (χ3v) is 4.30. The predicted molar refractivity (Wildman–Crippen MR) is 87.4 cm³/mol. The van der Waals surface area contributed by atoms with Crippen LogP contribution in [0.3, 0.4) is 0 Å². The molecule has 0 unspecified atom stereocenters. The average Bonchev–Trinajstić information content (AvgIpc) is 2.50. The van der Waals surface area contributed by atoms with Crippen molar-refractivity contribution in [1.82, 2.24) is 9.97 Å². The normalized spacial score (nSPS) is 15.4. The summed E-state index contributed by atoms with van der Waals surface area (Å²) in [7, 11) is 0. The van der Waals surface area contributed by atoms with Crippen LogP contribution in [0.4, 0.5) is 11.5 Å². The number of benzene rings is 1. The minimum Gasteiger partial charge on any atom is -0.368 e. The van der Waals surface area contributed by atoms with Gasteiger partial charge in [0.1, 0.15) is 12.1 Å². The third-order valence-electron chi connectivity index (χ3n) is 4.06. The van der Waals surface area contributed by atoms with E-state index in [0.717, 1.165) is 42.7 Å². The Morgan fingerprint density at radius 3 is 2.43 bits per heavy atom. The Balaban J connectivity index is 1.72. The first-order valence-corrected chi connectivity index (χ1v) is 7.56. The zero-order valence-corrected chi connectivity index (χ0v) is 13.1. The lowest BCUT2D eigenvalue weighted by molar-refractivity contribution is 0.644. The summed E-state index contributed by atoms with van der Waals surface area (Å²) in [5.74, 6) is 1.06. The van der Waals surface area contributed by atoms with Crippen molar-refractivity contribution < 1.29 is 0 Å². The maximum atomic E-state index is 6.07. The quantitative estimate of drug-likeness (QED) is 0.853. The van der Waals surface area contributed by atoms with Crippen molar-refractivity contribution in [2.24, 2.45) is 0 Å². The van der Waals surface area contributed by atoms with E-state index in [1.54, 1.807) is 6.33 Å². The Morgan fingerprint density at radius 1 is 1.00 bits per heavy atom. The number of nitrogens with zero attached hydrogens (tertiary/aromatic N) is 4. The molecule has 0 atom stereocenters. The van der Waals surface area contributed by atoms with Crippen LogP contribution >= 0.6 is 11.6 Å². The van der Waals surface area contributed by atoms with E-state index in [9.17, 15) is 0 Å². The molecule has 2 aromatic rings. The molecule has 1 aliphatic heterocycles. The maximum Gasteiger partial charge on any atom is 0.135 e. The average molecular weight is 303 g/mol. The molecule has 2 heterocycles. The summed E-state index contributed by atoms with van der Waals surface area (Å²) in [6.45, 7) is 8.00. The van der Waals surface area contributed by atoms with Gasteiger partial charge in [0.2, 0.25) is 0 Å². The Kier molecular flexibility index (Phi) is 3.97. The highest BCUT2D eigenvalue weighted by Gasteiger charge is 2.20. The fraction of sp³-hybridized carbons (Fsp3) is 0.375. The van der Waals surface area contributed by atoms with E-state index in [2.05, 4.69) is 32.8 Å². The number of anilines is 2. The van der Waals surface area contributed by atoms with Gasteiger partial charge in [0, 0.05) is 48.1 Å². The SMILES string of the molecule is Cc1ncnc(N2CCN(c3cccc(Cl)c3)CC2)c1C. The largest absolute Gasteiger partial charge is 0.368 e. The smallest absolute Gasteiger partial charge is 0.135 e. The lowest BCUT2D eigenvalue weighted by atomic mass is 10.2. The van der Waals surface area contributed by atoms with Crippen LogP contribution in [-0.4, -0.2) is 36.1 Å². The second-order valence-electron chi connectivity index (χ2n) is 5.36. The van der Waals surface area contributed by atoms with E-state index in [4.69, 9.17) is 11.6 Å². The summed E-state index contributed by atoms with van der Waals surface area (Å²) >= 11 is 6.07. The van der Waals surface area contributed by atoms with Gasteiger partial charge >= 0.3 is 0 Å². The van der Waals surface area contributed by atoms with E-state index in [1.807, 2.05) is 25.1 Å². The first-order valence-electron chi connectivity index (χ1n) is 7.19. The van der Waals surface area contributed by atoms with E-state index in [1.165, 1.54) is 11.3 Å². The van der Waals surface area contributed by atoms with Gasteiger partial charge in [-0.15, -0.1) is 0 Å². The molecular weight excluding hydrogens is 284 g/mol. The van der Waals surface area contributed by atoms with Crippen LogP contribution in [0.5, 0.6) is 0 Å². The summed E-state index contributed by atoms with van der Waals surface area (Å²) in [6.07, 6.45) is 1.65. The van der Waals surface area contributed by atoms with Gasteiger partial charge in [0.05, 0.1) is 0 Å². The molecule has 0 radical (unpaired) electrons. The zero-order valence-electron chi connectivity index (χ0n) is 12.4. The van der Waals surface area contributed by atoms with Crippen molar-refractivity contribution in [3.05, 3.63) is 46.9 Å². The summed E-state index contributed by atoms with van der Waals surface area (Å²) in [4.78, 5) is 13.4. The van der Waals surface area contributed by atoms with Crippen molar-refractivity contribution in [2.75, 3.05) is 36.0 Å². The predicted octanol–water partition coefficient (Wildman–Crippen LogP) is 3.07. The van der Waals surface area contributed by atoms with Gasteiger partial charge in [-0.25, -0.2) is 9.97 Å². The molecule has 1 fully saturated rings. The molecule has 1 aliphatic rings. The molecule has 0 bridgehead atoms. The van der Waals surface area contributed by atoms with Gasteiger partial charge in [-0.3, -0.25) is 0 Å². The minimum atomic E-state index is 0.789. The van der Waals surface area contributed by atoms with Crippen LogP contribution in [0.25, 0.3) is 0 Å². The van der Waals surface area contributed by atoms with Crippen LogP contribution in [0, 0.1) is 13.8 Å². The molecule has 110 valence electrons. The van der Waals surface area contributed by atoms with Crippen LogP contribution < -0.4 is 9.80 Å². The van der Waals surface area contributed by atoms with Gasteiger partial charge in [0.15, 0.2) is 0 Å². The number of piperazine rings is 1. The lowest BCUT2D eigenvalue weighted by Gasteiger charge is -2.37. The number of hydrogen-bond donors (Lipinski definition) is 0. The lowest BCUT2D eigenvalue weighted by Crippen LogP contribution is -2.47. The monoisotopic (exact) mass is 302 g/mol. The highest BCUT2D eigenvalue weighted by atomic mass is 35.5. The molecule has 0 N–H and O–H groups in total. The number of aromatic nitrogens is 2. The molecule has 21 heavy (non-hydrogen) atoms. The van der Waals surface area contributed by atoms with E-state index < -0.39 is 0 Å². The number of hydrogen-bond acceptors (Lipinski definition) is 4. The van der Waals surface area contributed by atoms with Crippen molar-refractivity contribution in [1.29, 1.82) is 0 Å². The fourth-order valence-corrected chi connectivity index (χ4v) is 2.88. The Hall–Kier alpha value is -1.81. The number of halogens is 1. The molecule has 0 spiro atoms. The molecule has 1 aromatic heterocycles. The van der Waals surface area contributed by atoms with Gasteiger partial charge in [-0.05, 0) is 32.0 Å². The van der Waals surface area contributed by atoms with Gasteiger partial charge < -0.3 is 9.80 Å². The van der Waals surface area contributed by atoms with Crippen LogP contribution in [-0.2, 0) is 0 Å². The molecule has 0 amide bonds. The van der Waals surface area contributed by atoms with Crippen LogP contribution in [0.2, 0.25) is 5.02 Å². The Morgan fingerprint density at radius 2 is 1.71 bits per heavy atom. The van der Waals surface area contributed by atoms with Gasteiger partial charge in [-0.2, -0.15) is 0 Å². The minimum absolute atomic E-state index is 0.789. The Bertz CT molecular complexity index is 636. The standard InChI is InChI=1S/C16H19ClN4/c1-12-13(2)18-11-19-16(12)21-8-6-20(7-9-21)15-5-3-4-14(17)10-15/h3-5,10-11H,6-9H2,1-2H3. The van der Waals surface area contributed by atoms with E-state index >= 15 is 0 Å². The van der Waals surface area contributed by atoms with Crippen molar-refractivity contribution in [3.63, 3.8) is 0 Å². The van der Waals surface area contributed by atoms with Crippen molar-refractivity contribution in [2.45, 2.75) is 13.8 Å². The molecule has 1 aromatic carbocycles. The fourth-order valence-electron chi connectivity index (χ4n) is 2.69. The van der Waals surface area contributed by atoms with Gasteiger partial charge in [0.25, 0.3) is 0 Å². The summed E-state index contributed by atoms with van der Waals surface area (Å²) in [5, 5.41) is 0.789. The first-order chi connectivity index (χ1) is 10.1. The summed E-state index contributed by atoms with van der Waals surface area (Å²) in [5.41, 5.74) is 3.42. The number of rotatable bonds is 2. The summed E-state index contributed by atoms with van der Waals surface area (Å²) in [6, 6.07) is 8.05. The molecular formula is C16H19ClN4. The van der Waals surface area contributed by atoms with Crippen LogP contribution in [0.1, 0.15) is 11.3 Å². The molecule has 5 heteroatoms. The molecule has 0 aliphatic carbocycles. The van der Waals surface area contributed by atoms with Crippen molar-refractivity contribution in [3.8, 4) is 0 Å². The van der Waals surface area contributed by atoms with Gasteiger partial charge in [-0.1, -0.05) is 17.7 Å². The zero-order chi connectivity index (χ0) is 14.8. The first kappa shape index (κ1) is 14.1. The summed E-state index contributed by atoms with van der Waals surface area (Å²) < 4.78 is 0. The van der Waals surface area contributed by atoms with E-state index in [-0.39, 0.29) is 0 Å². The highest BCUT2D eigenvalue weighted by molar-refractivity contribution is 6.30. The molecule has 4 nitrogen and oxygen atoms in total. The molecule has 3 rings (SSSR count). The second-order valence-corrected chi connectivity index (χ2v) is 5.80. The topological polar surface area (TPSA) is 32.3 Å². The molecule has 1 saturated heterocycles. The van der Waals surface area contributed by atoms with Crippen molar-refractivity contribution >= 4 is 23.1 Å². The molecule has 0 saturated carbocycles. The van der Waals surface area contributed by atoms with E-state index in [0.29, 0.717) is 0 Å².